The van der Waals surface area contributed by atoms with E-state index in [1.807, 2.05) is 0 Å². The Kier molecular flexibility index (Phi) is 6.57. The van der Waals surface area contributed by atoms with Gasteiger partial charge in [-0.25, -0.2) is 14.5 Å². The number of aromatic nitrogens is 4. The molecule has 13 nitrogen and oxygen atoms in total. The van der Waals surface area contributed by atoms with E-state index in [9.17, 15) is 24.7 Å². The van der Waals surface area contributed by atoms with Gasteiger partial charge in [-0.1, -0.05) is 22.1 Å². The number of nitrogens with zero attached hydrogens (tertiary/aromatic N) is 6. The molecule has 2 aromatic heterocycles. The van der Waals surface area contributed by atoms with Crippen molar-refractivity contribution in [3.63, 3.8) is 0 Å². The molecule has 33 heavy (non-hydrogen) atoms. The molecule has 0 radical (unpaired) electrons. The van der Waals surface area contributed by atoms with Gasteiger partial charge in [0.15, 0.2) is 10.8 Å². The lowest BCUT2D eigenvalue weighted by molar-refractivity contribution is -0.155. The first-order valence-electron chi connectivity index (χ1n) is 9.46. The second-order valence-electron chi connectivity index (χ2n) is 6.96. The number of nitrogens with two attached hydrogens (primary N) is 1. The molecule has 0 unspecified atom stereocenters. The highest BCUT2D eigenvalue weighted by atomic mass is 32.2. The third-order valence-corrected chi connectivity index (χ3v) is 8.10. The molecule has 2 aliphatic rings. The van der Waals surface area contributed by atoms with Crippen molar-refractivity contribution in [2.75, 3.05) is 10.8 Å². The molecule has 174 valence electrons. The summed E-state index contributed by atoms with van der Waals surface area (Å²) in [4.78, 5) is 43.0. The lowest BCUT2D eigenvalue weighted by atomic mass is 9.86. The van der Waals surface area contributed by atoms with Crippen LogP contribution >= 0.6 is 34.9 Å². The Labute approximate surface area is 199 Å². The van der Waals surface area contributed by atoms with Crippen molar-refractivity contribution in [3.8, 4) is 0 Å². The summed E-state index contributed by atoms with van der Waals surface area (Å²) < 4.78 is 1.62. The minimum absolute atomic E-state index is 0.0706. The minimum Gasteiger partial charge on any atom is -0.477 e. The molecule has 0 saturated carbocycles. The zero-order valence-electron chi connectivity index (χ0n) is 17.0. The summed E-state index contributed by atoms with van der Waals surface area (Å²) in [5.41, 5.74) is 5.18. The van der Waals surface area contributed by atoms with Gasteiger partial charge in [0.05, 0.1) is 12.2 Å². The molecular weight excluding hydrogens is 492 g/mol. The largest absolute Gasteiger partial charge is 0.477 e. The Morgan fingerprint density at radius 3 is 2.82 bits per heavy atom. The molecule has 16 heteroatoms. The summed E-state index contributed by atoms with van der Waals surface area (Å²) in [5.74, 6) is -2.55. The van der Waals surface area contributed by atoms with Crippen LogP contribution in [0, 0.1) is 0 Å². The van der Waals surface area contributed by atoms with Crippen molar-refractivity contribution in [3.05, 3.63) is 27.9 Å². The smallest absolute Gasteiger partial charge is 0.353 e. The van der Waals surface area contributed by atoms with Crippen molar-refractivity contribution >= 4 is 63.5 Å². The van der Waals surface area contributed by atoms with Crippen LogP contribution in [0.15, 0.2) is 32.4 Å². The molecule has 5 N–H and O–H groups in total. The molecule has 4 rings (SSSR count). The van der Waals surface area contributed by atoms with E-state index < -0.39 is 29.9 Å². The molecule has 2 atom stereocenters. The predicted octanol–water partition coefficient (Wildman–Crippen LogP) is 0.301. The van der Waals surface area contributed by atoms with Gasteiger partial charge in [0, 0.05) is 22.4 Å². The molecule has 2 amide bonds. The number of nitrogen functional groups attached to an aromatic ring is 1. The number of hydrogen-bond donors (Lipinski definition) is 4. The van der Waals surface area contributed by atoms with Gasteiger partial charge in [-0.15, -0.1) is 28.2 Å². The van der Waals surface area contributed by atoms with E-state index in [2.05, 4.69) is 25.8 Å². The number of β-lactam (4-membered cyclic amide) rings is 1. The maximum absolute atomic E-state index is 12.8. The van der Waals surface area contributed by atoms with Crippen LogP contribution in [0.5, 0.6) is 0 Å². The number of hydrogen-bond acceptors (Lipinski definition) is 12. The molecule has 0 aliphatic carbocycles. The number of fused-ring (bicyclic) bond motifs is 1. The van der Waals surface area contributed by atoms with Gasteiger partial charge in [0.2, 0.25) is 0 Å². The highest BCUT2D eigenvalue weighted by molar-refractivity contribution is 8.17. The molecule has 0 spiro atoms. The van der Waals surface area contributed by atoms with E-state index in [1.54, 1.807) is 17.9 Å². The van der Waals surface area contributed by atoms with Crippen LogP contribution in [-0.2, 0) is 21.4 Å². The third kappa shape index (κ3) is 4.40. The summed E-state index contributed by atoms with van der Waals surface area (Å²) >= 11 is 3.87. The number of carboxylic acid groups (broad SMARTS) is 1. The number of carboxylic acids is 1. The molecular formula is C17H18N8O5S3. The minimum atomic E-state index is -1.21. The second kappa shape index (κ2) is 9.40. The van der Waals surface area contributed by atoms with Crippen LogP contribution < -0.4 is 11.1 Å². The number of nitrogens with one attached hydrogen (secondary N) is 1. The monoisotopic (exact) mass is 510 g/mol. The van der Waals surface area contributed by atoms with Crippen molar-refractivity contribution in [2.24, 2.45) is 12.2 Å². The SMILES string of the molecule is Cn1nncc1SCSC1=C(C(=O)O)N2C(=O)[C@@H](NC(=O)/C(=N\O)c3csc(N)n3)[C@@H]2CC1. The number of aryl methyl sites for hydroxylation is 1. The second-order valence-corrected chi connectivity index (χ2v) is 10.3. The highest BCUT2D eigenvalue weighted by Gasteiger charge is 2.53. The topological polar surface area (TPSA) is 189 Å². The van der Waals surface area contributed by atoms with Crippen molar-refractivity contribution in [1.29, 1.82) is 0 Å². The van der Waals surface area contributed by atoms with E-state index in [-0.39, 0.29) is 22.2 Å². The molecule has 0 aromatic carbocycles. The average molecular weight is 511 g/mol. The molecule has 2 aromatic rings. The zero-order valence-corrected chi connectivity index (χ0v) is 19.5. The fraction of sp³-hybridized carbons (Fsp3) is 0.353. The van der Waals surface area contributed by atoms with E-state index in [1.165, 1.54) is 33.8 Å². The summed E-state index contributed by atoms with van der Waals surface area (Å²) in [5, 5.41) is 35.1. The normalized spacial score (nSPS) is 20.5. The first-order valence-corrected chi connectivity index (χ1v) is 12.3. The molecule has 4 heterocycles. The van der Waals surface area contributed by atoms with Crippen LogP contribution in [0.25, 0.3) is 0 Å². The van der Waals surface area contributed by atoms with Crippen molar-refractivity contribution < 1.29 is 24.7 Å². The Hall–Kier alpha value is -3.11. The predicted molar refractivity (Wildman–Crippen MR) is 121 cm³/mol. The number of aliphatic carboxylic acids is 1. The van der Waals surface area contributed by atoms with Gasteiger partial charge in [-0.05, 0) is 12.8 Å². The summed E-state index contributed by atoms with van der Waals surface area (Å²) in [6.07, 6.45) is 2.54. The van der Waals surface area contributed by atoms with Crippen LogP contribution in [-0.4, -0.2) is 75.9 Å². The quantitative estimate of drug-likeness (QED) is 0.0954. The molecule has 1 saturated heterocycles. The number of amides is 2. The average Bonchev–Trinajstić information content (AvgIpc) is 3.39. The van der Waals surface area contributed by atoms with Gasteiger partial charge in [0.1, 0.15) is 22.5 Å². The summed E-state index contributed by atoms with van der Waals surface area (Å²) in [7, 11) is 1.76. The van der Waals surface area contributed by atoms with Crippen LogP contribution in [0.4, 0.5) is 5.13 Å². The third-order valence-electron chi connectivity index (χ3n) is 5.07. The van der Waals surface area contributed by atoms with Gasteiger partial charge >= 0.3 is 5.97 Å². The Balaban J connectivity index is 1.44. The van der Waals surface area contributed by atoms with Gasteiger partial charge < -0.3 is 21.4 Å². The molecule has 0 bridgehead atoms. The van der Waals surface area contributed by atoms with Crippen molar-refractivity contribution in [2.45, 2.75) is 30.0 Å². The van der Waals surface area contributed by atoms with Crippen LogP contribution in [0.1, 0.15) is 18.5 Å². The molecule has 2 aliphatic heterocycles. The number of anilines is 1. The number of allylic oxidation sites excluding steroid dienone is 1. The Morgan fingerprint density at radius 1 is 1.42 bits per heavy atom. The Bertz CT molecular complexity index is 1180. The summed E-state index contributed by atoms with van der Waals surface area (Å²) in [6.45, 7) is 0. The Morgan fingerprint density at radius 2 is 2.21 bits per heavy atom. The van der Waals surface area contributed by atoms with E-state index in [4.69, 9.17) is 5.73 Å². The maximum Gasteiger partial charge on any atom is 0.353 e. The fourth-order valence-corrected chi connectivity index (χ4v) is 6.33. The highest BCUT2D eigenvalue weighted by Crippen LogP contribution is 2.42. The summed E-state index contributed by atoms with van der Waals surface area (Å²) in [6, 6.07) is -1.44. The number of carbonyl (C=O) groups is 3. The fourth-order valence-electron chi connectivity index (χ4n) is 3.56. The van der Waals surface area contributed by atoms with Gasteiger partial charge in [-0.3, -0.25) is 14.5 Å². The van der Waals surface area contributed by atoms with E-state index in [0.29, 0.717) is 22.8 Å². The van der Waals surface area contributed by atoms with Gasteiger partial charge in [0.25, 0.3) is 11.8 Å². The lowest BCUT2D eigenvalue weighted by Gasteiger charge is -2.50. The number of oxime groups is 1. The van der Waals surface area contributed by atoms with E-state index in [0.717, 1.165) is 16.4 Å². The first-order chi connectivity index (χ1) is 15.8. The lowest BCUT2D eigenvalue weighted by Crippen LogP contribution is -2.72. The number of thiazole rings is 1. The van der Waals surface area contributed by atoms with Crippen molar-refractivity contribution in [1.82, 2.24) is 30.2 Å². The van der Waals surface area contributed by atoms with Crippen LogP contribution in [0.2, 0.25) is 0 Å². The van der Waals surface area contributed by atoms with E-state index >= 15 is 0 Å². The van der Waals surface area contributed by atoms with Gasteiger partial charge in [-0.2, -0.15) is 0 Å². The maximum atomic E-state index is 12.8. The molecule has 1 fully saturated rings. The number of thioether (sulfide) groups is 2. The first kappa shape index (κ1) is 23.1. The van der Waals surface area contributed by atoms with Crippen LogP contribution in [0.3, 0.4) is 0 Å². The number of carbonyl (C=O) groups excluding carboxylic acids is 2. The number of rotatable bonds is 8. The zero-order chi connectivity index (χ0) is 23.7. The standard InChI is InChI=1S/C17H18N8O5S3/c1-24-10(4-19-23-24)33-6-32-9-3-2-8-12(15(27)25(8)13(9)16(28)29)21-14(26)11(22-30)7-5-31-17(18)20-7/h4-5,8,12,30H,2-3,6H2,1H3,(H2,18,20)(H,21,26)(H,28,29)/b22-11-/t8-,12-/m0/s1.